The number of hydrogen-bond donors (Lipinski definition) is 2. The average molecular weight is 411 g/mol. The van der Waals surface area contributed by atoms with Crippen LogP contribution in [0.2, 0.25) is 0 Å². The number of nitrogens with one attached hydrogen (secondary N) is 1. The van der Waals surface area contributed by atoms with E-state index in [4.69, 9.17) is 24.1 Å². The number of aliphatic carboxylic acids is 1. The van der Waals surface area contributed by atoms with Gasteiger partial charge in [-0.1, -0.05) is 12.1 Å². The lowest BCUT2D eigenvalue weighted by molar-refractivity contribution is -0.142. The molecule has 0 spiro atoms. The maximum Gasteiger partial charge on any atom is 0.408 e. The number of hydrogen-bond acceptors (Lipinski definition) is 6. The molecule has 0 aromatic heterocycles. The van der Waals surface area contributed by atoms with Crippen LogP contribution in [0, 0.1) is 0 Å². The molecule has 0 saturated carbocycles. The van der Waals surface area contributed by atoms with Crippen molar-refractivity contribution in [2.24, 2.45) is 0 Å². The van der Waals surface area contributed by atoms with Crippen LogP contribution >= 0.6 is 0 Å². The molecule has 0 aliphatic rings. The molecule has 29 heavy (non-hydrogen) atoms. The summed E-state index contributed by atoms with van der Waals surface area (Å²) in [5.41, 5.74) is 0.427. The van der Waals surface area contributed by atoms with Crippen LogP contribution < -0.4 is 10.1 Å². The number of rotatable bonds is 13. The topological polar surface area (TPSA) is 103 Å². The monoisotopic (exact) mass is 411 g/mol. The lowest BCUT2D eigenvalue weighted by Crippen LogP contribution is -2.34. The lowest BCUT2D eigenvalue weighted by Gasteiger charge is -2.22. The minimum atomic E-state index is -0.968. The molecular formula is C21H33NO7. The van der Waals surface area contributed by atoms with Gasteiger partial charge in [-0.25, -0.2) is 9.59 Å². The van der Waals surface area contributed by atoms with Crippen molar-refractivity contribution in [3.8, 4) is 5.75 Å². The van der Waals surface area contributed by atoms with Gasteiger partial charge < -0.3 is 29.4 Å². The number of benzene rings is 1. The van der Waals surface area contributed by atoms with Gasteiger partial charge in [0.1, 0.15) is 18.0 Å². The molecule has 1 aromatic rings. The van der Waals surface area contributed by atoms with Crippen LogP contribution in [0.15, 0.2) is 24.3 Å². The van der Waals surface area contributed by atoms with Gasteiger partial charge in [-0.2, -0.15) is 0 Å². The van der Waals surface area contributed by atoms with Crippen molar-refractivity contribution in [2.45, 2.75) is 52.2 Å². The number of carbonyl (C=O) groups excluding carboxylic acids is 1. The van der Waals surface area contributed by atoms with E-state index in [-0.39, 0.29) is 12.6 Å². The summed E-state index contributed by atoms with van der Waals surface area (Å²) in [6.07, 6.45) is 0.957. The smallest absolute Gasteiger partial charge is 0.408 e. The molecule has 0 radical (unpaired) electrons. The molecule has 0 aliphatic heterocycles. The first kappa shape index (κ1) is 24.7. The van der Waals surface area contributed by atoms with E-state index in [0.717, 1.165) is 17.7 Å². The number of ether oxygens (including phenoxy) is 4. The fraction of sp³-hybridized carbons (Fsp3) is 0.619. The minimum absolute atomic E-state index is 0.174. The van der Waals surface area contributed by atoms with E-state index in [1.165, 1.54) is 0 Å². The summed E-state index contributed by atoms with van der Waals surface area (Å²) in [6, 6.07) is 7.37. The predicted octanol–water partition coefficient (Wildman–Crippen LogP) is 3.55. The van der Waals surface area contributed by atoms with Crippen molar-refractivity contribution in [1.82, 2.24) is 5.32 Å². The van der Waals surface area contributed by atoms with Crippen LogP contribution in [-0.4, -0.2) is 55.8 Å². The van der Waals surface area contributed by atoms with Gasteiger partial charge in [0.25, 0.3) is 0 Å². The second kappa shape index (κ2) is 13.0. The Kier molecular flexibility index (Phi) is 11.1. The second-order valence-electron chi connectivity index (χ2n) is 7.55. The lowest BCUT2D eigenvalue weighted by atomic mass is 10.1. The molecule has 8 heteroatoms. The third-order valence-corrected chi connectivity index (χ3v) is 3.62. The van der Waals surface area contributed by atoms with E-state index < -0.39 is 17.7 Å². The van der Waals surface area contributed by atoms with Crippen LogP contribution in [0.5, 0.6) is 5.75 Å². The summed E-state index contributed by atoms with van der Waals surface area (Å²) >= 11 is 0. The predicted molar refractivity (Wildman–Crippen MR) is 108 cm³/mol. The fourth-order valence-corrected chi connectivity index (χ4v) is 2.30. The van der Waals surface area contributed by atoms with Crippen LogP contribution in [-0.2, 0) is 19.0 Å². The molecule has 0 bridgehead atoms. The molecule has 2 N–H and O–H groups in total. The number of carboxylic acid groups (broad SMARTS) is 1. The van der Waals surface area contributed by atoms with Crippen molar-refractivity contribution in [2.75, 3.05) is 33.0 Å². The van der Waals surface area contributed by atoms with Gasteiger partial charge in [0.05, 0.1) is 12.6 Å². The van der Waals surface area contributed by atoms with Crippen LogP contribution in [0.4, 0.5) is 4.79 Å². The van der Waals surface area contributed by atoms with Gasteiger partial charge in [-0.15, -0.1) is 0 Å². The van der Waals surface area contributed by atoms with E-state index in [2.05, 4.69) is 5.32 Å². The first-order chi connectivity index (χ1) is 13.7. The van der Waals surface area contributed by atoms with E-state index in [0.29, 0.717) is 32.8 Å². The summed E-state index contributed by atoms with van der Waals surface area (Å²) in [7, 11) is 0. The standard InChI is InChI=1S/C21H33NO7/c1-16(22-20(25)29-21(2,3)4)17-7-9-18(10-8-17)28-14-6-12-26-11-5-13-27-15-19(23)24/h7-10,16H,5-6,11-15H2,1-4H3,(H,22,25)(H,23,24)/t16-/m0/s1. The molecule has 0 unspecified atom stereocenters. The number of carbonyl (C=O) groups is 2. The highest BCUT2D eigenvalue weighted by Gasteiger charge is 2.18. The normalized spacial score (nSPS) is 12.3. The molecular weight excluding hydrogens is 378 g/mol. The van der Waals surface area contributed by atoms with Gasteiger partial charge in [0.15, 0.2) is 0 Å². The fourth-order valence-electron chi connectivity index (χ4n) is 2.30. The van der Waals surface area contributed by atoms with Gasteiger partial charge in [-0.3, -0.25) is 0 Å². The molecule has 164 valence electrons. The van der Waals surface area contributed by atoms with Crippen molar-refractivity contribution in [3.63, 3.8) is 0 Å². The van der Waals surface area contributed by atoms with Crippen molar-refractivity contribution >= 4 is 12.1 Å². The molecule has 0 heterocycles. The van der Waals surface area contributed by atoms with E-state index in [1.807, 2.05) is 52.0 Å². The zero-order valence-corrected chi connectivity index (χ0v) is 17.7. The summed E-state index contributed by atoms with van der Waals surface area (Å²) in [5.74, 6) is -0.217. The first-order valence-electron chi connectivity index (χ1n) is 9.77. The Morgan fingerprint density at radius 3 is 2.17 bits per heavy atom. The van der Waals surface area contributed by atoms with Crippen molar-refractivity contribution < 1.29 is 33.6 Å². The molecule has 0 saturated heterocycles. The molecule has 1 aromatic carbocycles. The summed E-state index contributed by atoms with van der Waals surface area (Å²) in [4.78, 5) is 22.1. The maximum absolute atomic E-state index is 11.8. The summed E-state index contributed by atoms with van der Waals surface area (Å²) in [5, 5.41) is 11.2. The highest BCUT2D eigenvalue weighted by molar-refractivity contribution is 5.68. The second-order valence-corrected chi connectivity index (χ2v) is 7.55. The Morgan fingerprint density at radius 1 is 1.00 bits per heavy atom. The average Bonchev–Trinajstić information content (AvgIpc) is 2.61. The Morgan fingerprint density at radius 2 is 1.59 bits per heavy atom. The molecule has 8 nitrogen and oxygen atoms in total. The highest BCUT2D eigenvalue weighted by Crippen LogP contribution is 2.18. The number of alkyl carbamates (subject to hydrolysis) is 1. The molecule has 1 amide bonds. The van der Waals surface area contributed by atoms with Crippen LogP contribution in [0.1, 0.15) is 52.1 Å². The molecule has 0 aliphatic carbocycles. The highest BCUT2D eigenvalue weighted by atomic mass is 16.6. The zero-order valence-electron chi connectivity index (χ0n) is 17.7. The largest absolute Gasteiger partial charge is 0.494 e. The molecule has 1 atom stereocenters. The summed E-state index contributed by atoms with van der Waals surface area (Å²) < 4.78 is 21.3. The molecule has 1 rings (SSSR count). The van der Waals surface area contributed by atoms with Crippen LogP contribution in [0.3, 0.4) is 0 Å². The number of carboxylic acids is 1. The Balaban J connectivity index is 2.16. The first-order valence-corrected chi connectivity index (χ1v) is 9.77. The van der Waals surface area contributed by atoms with E-state index in [9.17, 15) is 9.59 Å². The van der Waals surface area contributed by atoms with Gasteiger partial charge in [0, 0.05) is 26.2 Å². The Hall–Kier alpha value is -2.32. The summed E-state index contributed by atoms with van der Waals surface area (Å²) in [6.45, 7) is 9.08. The Bertz CT molecular complexity index is 610. The number of amides is 1. The van der Waals surface area contributed by atoms with Crippen molar-refractivity contribution in [3.05, 3.63) is 29.8 Å². The SMILES string of the molecule is C[C@H](NC(=O)OC(C)(C)C)c1ccc(OCCCOCCCOCC(=O)O)cc1. The van der Waals surface area contributed by atoms with Gasteiger partial charge >= 0.3 is 12.1 Å². The van der Waals surface area contributed by atoms with E-state index in [1.54, 1.807) is 0 Å². The maximum atomic E-state index is 11.8. The van der Waals surface area contributed by atoms with E-state index >= 15 is 0 Å². The zero-order chi connectivity index (χ0) is 21.7. The van der Waals surface area contributed by atoms with Crippen molar-refractivity contribution in [1.29, 1.82) is 0 Å². The third-order valence-electron chi connectivity index (χ3n) is 3.62. The quantitative estimate of drug-likeness (QED) is 0.478. The minimum Gasteiger partial charge on any atom is -0.494 e. The molecule has 0 fully saturated rings. The Labute approximate surface area is 172 Å². The van der Waals surface area contributed by atoms with Crippen LogP contribution in [0.25, 0.3) is 0 Å². The van der Waals surface area contributed by atoms with Gasteiger partial charge in [-0.05, 0) is 51.8 Å². The van der Waals surface area contributed by atoms with Gasteiger partial charge in [0.2, 0.25) is 0 Å². The third kappa shape index (κ3) is 12.7.